The quantitative estimate of drug-likeness (QED) is 0.389. The number of nitrogens with zero attached hydrogens (tertiary/aromatic N) is 1. The largest absolute Gasteiger partial charge is 0.507 e. The molecule has 0 aliphatic heterocycles. The van der Waals surface area contributed by atoms with Crippen LogP contribution in [-0.2, 0) is 0 Å². The average Bonchev–Trinajstić information content (AvgIpc) is 2.68. The molecule has 5 aromatic rings. The number of hydrogen-bond donors (Lipinski definition) is 1. The Morgan fingerprint density at radius 2 is 1.32 bits per heavy atom. The van der Waals surface area contributed by atoms with E-state index in [-0.39, 0.29) is 5.75 Å². The van der Waals surface area contributed by atoms with E-state index in [2.05, 4.69) is 59.6 Å². The minimum Gasteiger partial charge on any atom is -0.507 e. The number of phenols is 1. The average molecular weight is 321 g/mol. The zero-order valence-electron chi connectivity index (χ0n) is 13.5. The van der Waals surface area contributed by atoms with Gasteiger partial charge in [0.05, 0.1) is 5.52 Å². The van der Waals surface area contributed by atoms with E-state index in [9.17, 15) is 5.11 Å². The van der Waals surface area contributed by atoms with E-state index >= 15 is 0 Å². The zero-order valence-corrected chi connectivity index (χ0v) is 13.5. The summed E-state index contributed by atoms with van der Waals surface area (Å²) in [7, 11) is 0. The van der Waals surface area contributed by atoms with Gasteiger partial charge in [0.25, 0.3) is 0 Å². The highest BCUT2D eigenvalue weighted by Gasteiger charge is 2.12. The Labute approximate surface area is 145 Å². The summed E-state index contributed by atoms with van der Waals surface area (Å²) >= 11 is 0. The Morgan fingerprint density at radius 3 is 2.16 bits per heavy atom. The summed E-state index contributed by atoms with van der Waals surface area (Å²) in [4.78, 5) is 4.65. The van der Waals surface area contributed by atoms with Crippen molar-refractivity contribution in [2.24, 2.45) is 0 Å². The van der Waals surface area contributed by atoms with Crippen molar-refractivity contribution < 1.29 is 5.11 Å². The molecule has 1 aromatic heterocycles. The van der Waals surface area contributed by atoms with E-state index < -0.39 is 0 Å². The van der Waals surface area contributed by atoms with Crippen LogP contribution in [0.3, 0.4) is 0 Å². The first kappa shape index (κ1) is 14.0. The summed E-state index contributed by atoms with van der Waals surface area (Å²) in [5.74, 6) is 0.267. The summed E-state index contributed by atoms with van der Waals surface area (Å²) in [6.45, 7) is 0. The van der Waals surface area contributed by atoms with Gasteiger partial charge in [0.1, 0.15) is 5.75 Å². The number of aromatic nitrogens is 1. The summed E-state index contributed by atoms with van der Waals surface area (Å²) in [5, 5.41) is 15.4. The molecule has 0 bridgehead atoms. The number of phenolic OH excluding ortho intramolecular Hbond substituents is 1. The molecule has 0 atom stereocenters. The van der Waals surface area contributed by atoms with Crippen molar-refractivity contribution in [2.45, 2.75) is 0 Å². The third kappa shape index (κ3) is 2.08. The first-order valence-corrected chi connectivity index (χ1v) is 8.30. The second kappa shape index (κ2) is 5.32. The number of rotatable bonds is 1. The van der Waals surface area contributed by atoms with Crippen LogP contribution in [0.15, 0.2) is 85.1 Å². The van der Waals surface area contributed by atoms with Gasteiger partial charge in [-0.3, -0.25) is 4.98 Å². The fraction of sp³-hybridized carbons (Fsp3) is 0. The Kier molecular flexibility index (Phi) is 2.98. The maximum absolute atomic E-state index is 10.2. The Bertz CT molecular complexity index is 1240. The van der Waals surface area contributed by atoms with E-state index in [4.69, 9.17) is 0 Å². The van der Waals surface area contributed by atoms with Crippen LogP contribution in [0, 0.1) is 0 Å². The molecule has 5 rings (SSSR count). The predicted molar refractivity (Wildman–Crippen MR) is 104 cm³/mol. The number of fused-ring (bicyclic) bond motifs is 5. The highest BCUT2D eigenvalue weighted by Crippen LogP contribution is 2.38. The Morgan fingerprint density at radius 1 is 0.640 bits per heavy atom. The zero-order chi connectivity index (χ0) is 16.8. The minimum absolute atomic E-state index is 0.267. The van der Waals surface area contributed by atoms with E-state index in [0.29, 0.717) is 0 Å². The van der Waals surface area contributed by atoms with Crippen LogP contribution >= 0.6 is 0 Å². The Hall–Kier alpha value is -3.39. The Balaban J connectivity index is 2.02. The summed E-state index contributed by atoms with van der Waals surface area (Å²) < 4.78 is 0. The predicted octanol–water partition coefficient (Wildman–Crippen LogP) is 5.91. The molecule has 2 nitrogen and oxygen atoms in total. The molecule has 0 saturated heterocycles. The molecule has 0 aliphatic rings. The lowest BCUT2D eigenvalue weighted by atomic mass is 9.93. The number of hydrogen-bond acceptors (Lipinski definition) is 2. The van der Waals surface area contributed by atoms with Gasteiger partial charge in [-0.2, -0.15) is 0 Å². The van der Waals surface area contributed by atoms with Crippen molar-refractivity contribution in [2.75, 3.05) is 0 Å². The van der Waals surface area contributed by atoms with Crippen molar-refractivity contribution >= 4 is 32.4 Å². The molecule has 4 aromatic carbocycles. The van der Waals surface area contributed by atoms with Crippen LogP contribution in [-0.4, -0.2) is 10.1 Å². The molecule has 118 valence electrons. The van der Waals surface area contributed by atoms with Gasteiger partial charge in [0.15, 0.2) is 0 Å². The molecule has 25 heavy (non-hydrogen) atoms. The second-order valence-electron chi connectivity index (χ2n) is 6.23. The molecule has 0 aliphatic carbocycles. The normalized spacial score (nSPS) is 11.4. The molecule has 0 spiro atoms. The van der Waals surface area contributed by atoms with E-state index in [1.165, 1.54) is 16.5 Å². The number of aromatic hydroxyl groups is 1. The minimum atomic E-state index is 0.267. The van der Waals surface area contributed by atoms with Gasteiger partial charge in [-0.05, 0) is 39.4 Å². The SMILES string of the molecule is Oc1cccc2c1cnc1cc(-c3ccccc3)c3ccccc3c12. The van der Waals surface area contributed by atoms with Gasteiger partial charge in [0, 0.05) is 17.0 Å². The number of benzene rings is 4. The van der Waals surface area contributed by atoms with Gasteiger partial charge in [0.2, 0.25) is 0 Å². The summed E-state index contributed by atoms with van der Waals surface area (Å²) in [6, 6.07) is 26.6. The monoisotopic (exact) mass is 321 g/mol. The van der Waals surface area contributed by atoms with E-state index in [0.717, 1.165) is 27.1 Å². The summed E-state index contributed by atoms with van der Waals surface area (Å²) in [6.07, 6.45) is 1.76. The highest BCUT2D eigenvalue weighted by molar-refractivity contribution is 6.22. The second-order valence-corrected chi connectivity index (χ2v) is 6.23. The standard InChI is InChI=1S/C23H15NO/c25-22-12-6-11-18-20(22)14-24-21-13-19(15-7-2-1-3-8-15)16-9-4-5-10-17(16)23(18)21/h1-14,25H. The molecule has 0 radical (unpaired) electrons. The fourth-order valence-corrected chi connectivity index (χ4v) is 3.64. The van der Waals surface area contributed by atoms with Crippen LogP contribution in [0.5, 0.6) is 5.75 Å². The van der Waals surface area contributed by atoms with Crippen molar-refractivity contribution in [3.05, 3.63) is 85.1 Å². The van der Waals surface area contributed by atoms with Gasteiger partial charge in [-0.1, -0.05) is 66.7 Å². The van der Waals surface area contributed by atoms with E-state index in [1.807, 2.05) is 18.2 Å². The maximum atomic E-state index is 10.2. The van der Waals surface area contributed by atoms with Gasteiger partial charge in [-0.15, -0.1) is 0 Å². The number of pyridine rings is 1. The molecular formula is C23H15NO. The van der Waals surface area contributed by atoms with Crippen LogP contribution in [0.4, 0.5) is 0 Å². The van der Waals surface area contributed by atoms with Crippen LogP contribution in [0.1, 0.15) is 0 Å². The van der Waals surface area contributed by atoms with Crippen LogP contribution in [0.25, 0.3) is 43.6 Å². The van der Waals surface area contributed by atoms with Crippen molar-refractivity contribution in [1.82, 2.24) is 4.98 Å². The van der Waals surface area contributed by atoms with Gasteiger partial charge in [-0.25, -0.2) is 0 Å². The van der Waals surface area contributed by atoms with Crippen molar-refractivity contribution in [3.63, 3.8) is 0 Å². The lowest BCUT2D eigenvalue weighted by Crippen LogP contribution is -1.88. The maximum Gasteiger partial charge on any atom is 0.124 e. The summed E-state index contributed by atoms with van der Waals surface area (Å²) in [5.41, 5.74) is 3.30. The smallest absolute Gasteiger partial charge is 0.124 e. The first-order chi connectivity index (χ1) is 12.3. The fourth-order valence-electron chi connectivity index (χ4n) is 3.64. The third-order valence-corrected chi connectivity index (χ3v) is 4.79. The molecule has 0 amide bonds. The molecule has 0 unspecified atom stereocenters. The molecule has 1 heterocycles. The first-order valence-electron chi connectivity index (χ1n) is 8.30. The van der Waals surface area contributed by atoms with Crippen molar-refractivity contribution in [1.29, 1.82) is 0 Å². The third-order valence-electron chi connectivity index (χ3n) is 4.79. The highest BCUT2D eigenvalue weighted by atomic mass is 16.3. The van der Waals surface area contributed by atoms with Crippen LogP contribution in [0.2, 0.25) is 0 Å². The lowest BCUT2D eigenvalue weighted by molar-refractivity contribution is 0.481. The molecular weight excluding hydrogens is 306 g/mol. The molecule has 1 N–H and O–H groups in total. The molecule has 0 fully saturated rings. The van der Waals surface area contributed by atoms with E-state index in [1.54, 1.807) is 12.3 Å². The van der Waals surface area contributed by atoms with Gasteiger partial charge >= 0.3 is 0 Å². The van der Waals surface area contributed by atoms with Crippen molar-refractivity contribution in [3.8, 4) is 16.9 Å². The topological polar surface area (TPSA) is 33.1 Å². The molecule has 2 heteroatoms. The van der Waals surface area contributed by atoms with Crippen LogP contribution < -0.4 is 0 Å². The van der Waals surface area contributed by atoms with Gasteiger partial charge < -0.3 is 5.11 Å². The molecule has 0 saturated carbocycles. The lowest BCUT2D eigenvalue weighted by Gasteiger charge is -2.12.